The van der Waals surface area contributed by atoms with Gasteiger partial charge in [-0.3, -0.25) is 9.59 Å². The van der Waals surface area contributed by atoms with E-state index in [1.54, 1.807) is 23.7 Å². The summed E-state index contributed by atoms with van der Waals surface area (Å²) in [6, 6.07) is 5.28. The molecule has 0 fully saturated rings. The number of rotatable bonds is 5. The summed E-state index contributed by atoms with van der Waals surface area (Å²) in [5.41, 5.74) is 1.56. The van der Waals surface area contributed by atoms with Crippen molar-refractivity contribution in [2.24, 2.45) is 0 Å². The number of hydrogen-bond acceptors (Lipinski definition) is 4. The fourth-order valence-electron chi connectivity index (χ4n) is 1.59. The molecule has 0 aliphatic rings. The fourth-order valence-corrected chi connectivity index (χ4v) is 2.31. The highest BCUT2D eigenvalue weighted by atomic mass is 35.5. The molecule has 7 heteroatoms. The zero-order valence-electron chi connectivity index (χ0n) is 11.4. The van der Waals surface area contributed by atoms with Gasteiger partial charge in [0.05, 0.1) is 0 Å². The summed E-state index contributed by atoms with van der Waals surface area (Å²) >= 11 is 7.32. The van der Waals surface area contributed by atoms with Crippen molar-refractivity contribution in [2.45, 2.75) is 19.8 Å². The minimum absolute atomic E-state index is 0.0999. The predicted molar refractivity (Wildman–Crippen MR) is 84.8 cm³/mol. The van der Waals surface area contributed by atoms with Crippen molar-refractivity contribution in [3.05, 3.63) is 40.4 Å². The molecule has 0 spiro atoms. The lowest BCUT2D eigenvalue weighted by atomic mass is 10.2. The molecule has 0 radical (unpaired) electrons. The molecular weight excluding hydrogens is 310 g/mol. The third-order valence-corrected chi connectivity index (χ3v) is 3.81. The van der Waals surface area contributed by atoms with Gasteiger partial charge in [-0.15, -0.1) is 11.3 Å². The average molecular weight is 324 g/mol. The lowest BCUT2D eigenvalue weighted by Crippen LogP contribution is -2.17. The fraction of sp³-hybridized carbons (Fsp3) is 0.214. The third kappa shape index (κ3) is 4.84. The van der Waals surface area contributed by atoms with Gasteiger partial charge in [0.2, 0.25) is 11.8 Å². The van der Waals surface area contributed by atoms with Crippen molar-refractivity contribution in [1.29, 1.82) is 0 Å². The number of nitrogens with zero attached hydrogens (tertiary/aromatic N) is 1. The van der Waals surface area contributed by atoms with E-state index in [2.05, 4.69) is 15.6 Å². The van der Waals surface area contributed by atoms with Crippen molar-refractivity contribution in [2.75, 3.05) is 10.6 Å². The first-order valence-corrected chi connectivity index (χ1v) is 7.55. The molecule has 0 aliphatic heterocycles. The minimum atomic E-state index is -0.234. The summed E-state index contributed by atoms with van der Waals surface area (Å²) in [4.78, 5) is 27.3. The molecule has 1 heterocycles. The molecule has 0 aliphatic carbocycles. The van der Waals surface area contributed by atoms with Crippen molar-refractivity contribution in [3.8, 4) is 0 Å². The standard InChI is InChI=1S/C14H14ClN3O2S/c1-9-2-3-10(8-11(9)15)17-12(19)4-5-13(20)18-14-16-6-7-21-14/h2-3,6-8H,4-5H2,1H3,(H,17,19)(H,16,18,20). The zero-order valence-corrected chi connectivity index (χ0v) is 12.9. The molecule has 0 unspecified atom stereocenters. The number of thiazole rings is 1. The van der Waals surface area contributed by atoms with Gasteiger partial charge in [0.15, 0.2) is 5.13 Å². The number of aromatic nitrogens is 1. The van der Waals surface area contributed by atoms with Gasteiger partial charge in [0.25, 0.3) is 0 Å². The second-order valence-electron chi connectivity index (χ2n) is 4.40. The molecule has 2 amide bonds. The zero-order chi connectivity index (χ0) is 15.2. The highest BCUT2D eigenvalue weighted by molar-refractivity contribution is 7.13. The largest absolute Gasteiger partial charge is 0.326 e. The molecule has 0 bridgehead atoms. The highest BCUT2D eigenvalue weighted by Crippen LogP contribution is 2.20. The Bertz CT molecular complexity index is 644. The number of nitrogens with one attached hydrogen (secondary N) is 2. The lowest BCUT2D eigenvalue weighted by Gasteiger charge is -2.06. The van der Waals surface area contributed by atoms with Gasteiger partial charge < -0.3 is 10.6 Å². The van der Waals surface area contributed by atoms with Crippen LogP contribution in [0.1, 0.15) is 18.4 Å². The van der Waals surface area contributed by atoms with Crippen LogP contribution in [0.15, 0.2) is 29.8 Å². The Labute approximate surface area is 131 Å². The number of halogens is 1. The maximum atomic E-state index is 11.8. The number of carbonyl (C=O) groups excluding carboxylic acids is 2. The van der Waals surface area contributed by atoms with E-state index in [0.29, 0.717) is 15.8 Å². The summed E-state index contributed by atoms with van der Waals surface area (Å²) in [5.74, 6) is -0.466. The minimum Gasteiger partial charge on any atom is -0.326 e. The van der Waals surface area contributed by atoms with Crippen LogP contribution < -0.4 is 10.6 Å². The average Bonchev–Trinajstić information content (AvgIpc) is 2.93. The maximum absolute atomic E-state index is 11.8. The van der Waals surface area contributed by atoms with Crippen LogP contribution in [0.5, 0.6) is 0 Å². The molecule has 21 heavy (non-hydrogen) atoms. The summed E-state index contributed by atoms with van der Waals surface area (Å²) in [6.45, 7) is 1.89. The summed E-state index contributed by atoms with van der Waals surface area (Å²) < 4.78 is 0. The monoisotopic (exact) mass is 323 g/mol. The van der Waals surface area contributed by atoms with E-state index in [1.807, 2.05) is 13.0 Å². The van der Waals surface area contributed by atoms with E-state index in [1.165, 1.54) is 11.3 Å². The molecular formula is C14H14ClN3O2S. The molecule has 2 aromatic rings. The quantitative estimate of drug-likeness (QED) is 0.885. The molecule has 0 saturated carbocycles. The molecule has 1 aromatic heterocycles. The second-order valence-corrected chi connectivity index (χ2v) is 5.70. The van der Waals surface area contributed by atoms with Crippen molar-refractivity contribution < 1.29 is 9.59 Å². The number of benzene rings is 1. The topological polar surface area (TPSA) is 71.1 Å². The van der Waals surface area contributed by atoms with E-state index in [0.717, 1.165) is 5.56 Å². The molecule has 0 saturated heterocycles. The second kappa shape index (κ2) is 7.19. The van der Waals surface area contributed by atoms with E-state index < -0.39 is 0 Å². The van der Waals surface area contributed by atoms with Crippen LogP contribution >= 0.6 is 22.9 Å². The van der Waals surface area contributed by atoms with Crippen LogP contribution in [-0.2, 0) is 9.59 Å². The van der Waals surface area contributed by atoms with Crippen LogP contribution in [0, 0.1) is 6.92 Å². The molecule has 110 valence electrons. The van der Waals surface area contributed by atoms with Gasteiger partial charge in [-0.05, 0) is 24.6 Å². The molecule has 0 atom stereocenters. The summed E-state index contributed by atoms with van der Waals surface area (Å²) in [6.07, 6.45) is 1.81. The Morgan fingerprint density at radius 2 is 1.95 bits per heavy atom. The molecule has 5 nitrogen and oxygen atoms in total. The SMILES string of the molecule is Cc1ccc(NC(=O)CCC(=O)Nc2nccs2)cc1Cl. The first kappa shape index (κ1) is 15.5. The van der Waals surface area contributed by atoms with Crippen molar-refractivity contribution in [3.63, 3.8) is 0 Å². The van der Waals surface area contributed by atoms with E-state index in [9.17, 15) is 9.59 Å². The normalized spacial score (nSPS) is 10.2. The van der Waals surface area contributed by atoms with Gasteiger partial charge in [0, 0.05) is 35.1 Å². The van der Waals surface area contributed by atoms with Gasteiger partial charge >= 0.3 is 0 Å². The first-order chi connectivity index (χ1) is 10.0. The number of amides is 2. The van der Waals surface area contributed by atoms with Crippen LogP contribution in [0.2, 0.25) is 5.02 Å². The lowest BCUT2D eigenvalue weighted by molar-refractivity contribution is -0.121. The Hall–Kier alpha value is -1.92. The van der Waals surface area contributed by atoms with Crippen LogP contribution in [-0.4, -0.2) is 16.8 Å². The Morgan fingerprint density at radius 1 is 1.24 bits per heavy atom. The molecule has 2 rings (SSSR count). The Kier molecular flexibility index (Phi) is 5.30. The molecule has 2 N–H and O–H groups in total. The number of aryl methyl sites for hydroxylation is 1. The van der Waals surface area contributed by atoms with Gasteiger partial charge in [-0.2, -0.15) is 0 Å². The number of hydrogen-bond donors (Lipinski definition) is 2. The number of anilines is 2. The van der Waals surface area contributed by atoms with Crippen molar-refractivity contribution >= 4 is 45.6 Å². The van der Waals surface area contributed by atoms with Crippen LogP contribution in [0.4, 0.5) is 10.8 Å². The third-order valence-electron chi connectivity index (χ3n) is 2.71. The predicted octanol–water partition coefficient (Wildman–Crippen LogP) is 3.46. The maximum Gasteiger partial charge on any atom is 0.226 e. The Balaban J connectivity index is 1.79. The van der Waals surface area contributed by atoms with E-state index in [-0.39, 0.29) is 24.7 Å². The van der Waals surface area contributed by atoms with E-state index in [4.69, 9.17) is 11.6 Å². The van der Waals surface area contributed by atoms with Crippen molar-refractivity contribution in [1.82, 2.24) is 4.98 Å². The Morgan fingerprint density at radius 3 is 2.57 bits per heavy atom. The highest BCUT2D eigenvalue weighted by Gasteiger charge is 2.09. The summed E-state index contributed by atoms with van der Waals surface area (Å²) in [5, 5.41) is 8.23. The number of carbonyl (C=O) groups is 2. The molecule has 1 aromatic carbocycles. The first-order valence-electron chi connectivity index (χ1n) is 6.30. The van der Waals surface area contributed by atoms with Gasteiger partial charge in [-0.1, -0.05) is 17.7 Å². The van der Waals surface area contributed by atoms with Gasteiger partial charge in [0.1, 0.15) is 0 Å². The summed E-state index contributed by atoms with van der Waals surface area (Å²) in [7, 11) is 0. The van der Waals surface area contributed by atoms with Crippen LogP contribution in [0.25, 0.3) is 0 Å². The smallest absolute Gasteiger partial charge is 0.226 e. The van der Waals surface area contributed by atoms with Gasteiger partial charge in [-0.25, -0.2) is 4.98 Å². The van der Waals surface area contributed by atoms with E-state index >= 15 is 0 Å². The van der Waals surface area contributed by atoms with Crippen LogP contribution in [0.3, 0.4) is 0 Å².